The molecule has 0 saturated carbocycles. The smallest absolute Gasteiger partial charge is 0.182 e. The normalized spacial score (nSPS) is 12.8. The van der Waals surface area contributed by atoms with Crippen molar-refractivity contribution in [3.63, 3.8) is 0 Å². The lowest BCUT2D eigenvalue weighted by Crippen LogP contribution is -2.30. The summed E-state index contributed by atoms with van der Waals surface area (Å²) in [5.74, 6) is 0.0854. The summed E-state index contributed by atoms with van der Waals surface area (Å²) >= 11 is 0. The predicted octanol–water partition coefficient (Wildman–Crippen LogP) is 0.694. The van der Waals surface area contributed by atoms with Crippen LogP contribution in [0.3, 0.4) is 0 Å². The van der Waals surface area contributed by atoms with Gasteiger partial charge in [-0.1, -0.05) is 0 Å². The maximum absolute atomic E-state index is 11.6. The van der Waals surface area contributed by atoms with Crippen molar-refractivity contribution in [2.75, 3.05) is 7.05 Å². The molecule has 1 heterocycles. The third-order valence-corrected chi connectivity index (χ3v) is 2.07. The highest BCUT2D eigenvalue weighted by Gasteiger charge is 2.14. The Morgan fingerprint density at radius 1 is 1.77 bits per heavy atom. The molecule has 13 heavy (non-hydrogen) atoms. The number of rotatable bonds is 4. The van der Waals surface area contributed by atoms with E-state index >= 15 is 0 Å². The summed E-state index contributed by atoms with van der Waals surface area (Å²) in [4.78, 5) is 11.6. The highest BCUT2D eigenvalue weighted by molar-refractivity contribution is 5.99. The Labute approximate surface area is 77.9 Å². The Morgan fingerprint density at radius 3 is 2.92 bits per heavy atom. The number of ketones is 1. The van der Waals surface area contributed by atoms with Crippen molar-refractivity contribution in [2.45, 2.75) is 26.4 Å². The number of likely N-dealkylation sites (N-methyl/N-ethyl adjacent to an activating group) is 1. The molecule has 0 aromatic carbocycles. The van der Waals surface area contributed by atoms with Crippen LogP contribution < -0.4 is 5.32 Å². The highest BCUT2D eigenvalue weighted by Crippen LogP contribution is 2.02. The van der Waals surface area contributed by atoms with E-state index in [0.717, 1.165) is 6.54 Å². The number of hydrogen-bond acceptors (Lipinski definition) is 3. The molecule has 0 fully saturated rings. The molecule has 1 atom stereocenters. The Bertz CT molecular complexity index is 293. The van der Waals surface area contributed by atoms with E-state index in [1.807, 2.05) is 13.8 Å². The summed E-state index contributed by atoms with van der Waals surface area (Å²) in [7, 11) is 1.77. The van der Waals surface area contributed by atoms with Gasteiger partial charge in [0, 0.05) is 12.7 Å². The zero-order valence-corrected chi connectivity index (χ0v) is 8.24. The summed E-state index contributed by atoms with van der Waals surface area (Å²) in [5, 5.41) is 6.94. The molecule has 1 rings (SSSR count). The Morgan fingerprint density at radius 2 is 2.46 bits per heavy atom. The van der Waals surface area contributed by atoms with E-state index in [4.69, 9.17) is 0 Å². The van der Waals surface area contributed by atoms with Gasteiger partial charge in [-0.2, -0.15) is 5.10 Å². The molecule has 1 aromatic heterocycles. The first-order valence-electron chi connectivity index (χ1n) is 4.43. The van der Waals surface area contributed by atoms with Gasteiger partial charge in [-0.15, -0.1) is 0 Å². The standard InChI is InChI=1S/C9H15N3O/c1-4-12-6-8(5-11-12)9(13)7(2)10-3/h5-7,10H,4H2,1-3H3. The Balaban J connectivity index is 2.77. The molecule has 0 aliphatic heterocycles. The zero-order chi connectivity index (χ0) is 9.84. The first kappa shape index (κ1) is 9.92. The average Bonchev–Trinajstić information content (AvgIpc) is 2.63. The number of aromatic nitrogens is 2. The summed E-state index contributed by atoms with van der Waals surface area (Å²) in [5.41, 5.74) is 0.670. The summed E-state index contributed by atoms with van der Waals surface area (Å²) in [6, 6.07) is -0.144. The topological polar surface area (TPSA) is 46.9 Å². The van der Waals surface area contributed by atoms with Gasteiger partial charge in [0.2, 0.25) is 0 Å². The molecule has 72 valence electrons. The first-order chi connectivity index (χ1) is 6.19. The van der Waals surface area contributed by atoms with Gasteiger partial charge < -0.3 is 5.32 Å². The number of nitrogens with one attached hydrogen (secondary N) is 1. The molecule has 0 saturated heterocycles. The molecular weight excluding hydrogens is 166 g/mol. The fourth-order valence-electron chi connectivity index (χ4n) is 1.04. The molecule has 4 nitrogen and oxygen atoms in total. The van der Waals surface area contributed by atoms with Crippen LogP contribution in [0, 0.1) is 0 Å². The van der Waals surface area contributed by atoms with Crippen molar-refractivity contribution in [1.29, 1.82) is 0 Å². The Hall–Kier alpha value is -1.16. The van der Waals surface area contributed by atoms with Crippen LogP contribution in [-0.2, 0) is 6.54 Å². The molecule has 0 radical (unpaired) electrons. The zero-order valence-electron chi connectivity index (χ0n) is 8.24. The molecule has 0 aliphatic carbocycles. The minimum Gasteiger partial charge on any atom is -0.310 e. The van der Waals surface area contributed by atoms with Gasteiger partial charge in [0.15, 0.2) is 5.78 Å². The lowest BCUT2D eigenvalue weighted by molar-refractivity contribution is 0.0955. The van der Waals surface area contributed by atoms with Crippen molar-refractivity contribution in [3.8, 4) is 0 Å². The third-order valence-electron chi connectivity index (χ3n) is 2.07. The second-order valence-corrected chi connectivity index (χ2v) is 2.96. The van der Waals surface area contributed by atoms with Crippen LogP contribution in [0.4, 0.5) is 0 Å². The van der Waals surface area contributed by atoms with Crippen LogP contribution in [-0.4, -0.2) is 28.7 Å². The van der Waals surface area contributed by atoms with E-state index in [1.165, 1.54) is 0 Å². The molecule has 1 N–H and O–H groups in total. The molecular formula is C9H15N3O. The van der Waals surface area contributed by atoms with Gasteiger partial charge >= 0.3 is 0 Å². The highest BCUT2D eigenvalue weighted by atomic mass is 16.1. The number of Topliss-reactive ketones (excluding diaryl/α,β-unsaturated/α-hetero) is 1. The van der Waals surface area contributed by atoms with E-state index in [0.29, 0.717) is 5.56 Å². The van der Waals surface area contributed by atoms with E-state index in [1.54, 1.807) is 24.1 Å². The lowest BCUT2D eigenvalue weighted by atomic mass is 10.1. The quantitative estimate of drug-likeness (QED) is 0.695. The molecule has 4 heteroatoms. The van der Waals surface area contributed by atoms with Crippen LogP contribution in [0.2, 0.25) is 0 Å². The molecule has 0 spiro atoms. The van der Waals surface area contributed by atoms with Gasteiger partial charge in [0.1, 0.15) is 0 Å². The molecule has 0 amide bonds. The summed E-state index contributed by atoms with van der Waals surface area (Å²) in [6.07, 6.45) is 3.38. The number of aryl methyl sites for hydroxylation is 1. The van der Waals surface area contributed by atoms with Crippen LogP contribution in [0.1, 0.15) is 24.2 Å². The van der Waals surface area contributed by atoms with Gasteiger partial charge in [0.25, 0.3) is 0 Å². The van der Waals surface area contributed by atoms with Crippen LogP contribution in [0.25, 0.3) is 0 Å². The lowest BCUT2D eigenvalue weighted by Gasteiger charge is -2.05. The maximum atomic E-state index is 11.6. The summed E-state index contributed by atoms with van der Waals surface area (Å²) in [6.45, 7) is 4.62. The van der Waals surface area contributed by atoms with Crippen molar-refractivity contribution in [1.82, 2.24) is 15.1 Å². The molecule has 1 aromatic rings. The van der Waals surface area contributed by atoms with Crippen LogP contribution in [0.15, 0.2) is 12.4 Å². The second kappa shape index (κ2) is 4.18. The van der Waals surface area contributed by atoms with Crippen molar-refractivity contribution in [3.05, 3.63) is 18.0 Å². The second-order valence-electron chi connectivity index (χ2n) is 2.96. The van der Waals surface area contributed by atoms with E-state index in [2.05, 4.69) is 10.4 Å². The number of carbonyl (C=O) groups excluding carboxylic acids is 1. The fourth-order valence-corrected chi connectivity index (χ4v) is 1.04. The minimum absolute atomic E-state index is 0.0854. The number of hydrogen-bond donors (Lipinski definition) is 1. The predicted molar refractivity (Wildman–Crippen MR) is 50.8 cm³/mol. The summed E-state index contributed by atoms with van der Waals surface area (Å²) < 4.78 is 1.75. The van der Waals surface area contributed by atoms with Crippen molar-refractivity contribution >= 4 is 5.78 Å². The minimum atomic E-state index is -0.144. The van der Waals surface area contributed by atoms with Crippen molar-refractivity contribution in [2.24, 2.45) is 0 Å². The number of nitrogens with zero attached hydrogens (tertiary/aromatic N) is 2. The third kappa shape index (κ3) is 2.15. The van der Waals surface area contributed by atoms with Crippen LogP contribution >= 0.6 is 0 Å². The van der Waals surface area contributed by atoms with Crippen molar-refractivity contribution < 1.29 is 4.79 Å². The average molecular weight is 181 g/mol. The first-order valence-corrected chi connectivity index (χ1v) is 4.43. The molecule has 1 unspecified atom stereocenters. The van der Waals surface area contributed by atoms with E-state index in [9.17, 15) is 4.79 Å². The van der Waals surface area contributed by atoms with Gasteiger partial charge in [0.05, 0.1) is 17.8 Å². The monoisotopic (exact) mass is 181 g/mol. The van der Waals surface area contributed by atoms with E-state index in [-0.39, 0.29) is 11.8 Å². The van der Waals surface area contributed by atoms with Gasteiger partial charge in [-0.3, -0.25) is 9.48 Å². The molecule has 0 aliphatic rings. The largest absolute Gasteiger partial charge is 0.310 e. The number of carbonyl (C=O) groups is 1. The van der Waals surface area contributed by atoms with Gasteiger partial charge in [-0.05, 0) is 20.9 Å². The fraction of sp³-hybridized carbons (Fsp3) is 0.556. The van der Waals surface area contributed by atoms with Crippen LogP contribution in [0.5, 0.6) is 0 Å². The molecule has 0 bridgehead atoms. The van der Waals surface area contributed by atoms with E-state index < -0.39 is 0 Å². The SMILES string of the molecule is CCn1cc(C(=O)C(C)NC)cn1. The maximum Gasteiger partial charge on any atom is 0.182 e. The van der Waals surface area contributed by atoms with Gasteiger partial charge in [-0.25, -0.2) is 0 Å². The Kier molecular flexibility index (Phi) is 3.19.